The van der Waals surface area contributed by atoms with E-state index < -0.39 is 0 Å². The van der Waals surface area contributed by atoms with Gasteiger partial charge >= 0.3 is 0 Å². The summed E-state index contributed by atoms with van der Waals surface area (Å²) in [6, 6.07) is 70.6. The molecule has 0 amide bonds. The Morgan fingerprint density at radius 2 is 0.768 bits per heavy atom. The summed E-state index contributed by atoms with van der Waals surface area (Å²) in [7, 11) is 0. The van der Waals surface area contributed by atoms with E-state index in [1.54, 1.807) is 0 Å². The van der Waals surface area contributed by atoms with Gasteiger partial charge in [-0.25, -0.2) is 0 Å². The summed E-state index contributed by atoms with van der Waals surface area (Å²) in [6.45, 7) is 0. The van der Waals surface area contributed by atoms with Crippen LogP contribution in [0.25, 0.3) is 114 Å². The molecule has 56 heavy (non-hydrogen) atoms. The van der Waals surface area contributed by atoms with Gasteiger partial charge < -0.3 is 4.40 Å². The Kier molecular flexibility index (Phi) is 6.01. The molecule has 258 valence electrons. The largest absolute Gasteiger partial charge is 0.308 e. The number of benzene rings is 10. The summed E-state index contributed by atoms with van der Waals surface area (Å²) in [5, 5.41) is 18.1. The van der Waals surface area contributed by atoms with E-state index in [-0.39, 0.29) is 0 Å². The first kappa shape index (κ1) is 30.1. The Hall–Kier alpha value is -7.22. The predicted octanol–water partition coefficient (Wildman–Crippen LogP) is 15.0. The van der Waals surface area contributed by atoms with Gasteiger partial charge in [0.05, 0.1) is 16.6 Å². The zero-order valence-electron chi connectivity index (χ0n) is 30.6. The van der Waals surface area contributed by atoms with Crippen molar-refractivity contribution in [3.8, 4) is 22.3 Å². The molecule has 10 aromatic carbocycles. The lowest BCUT2D eigenvalue weighted by molar-refractivity contribution is 1.27. The lowest BCUT2D eigenvalue weighted by Crippen LogP contribution is -1.91. The van der Waals surface area contributed by atoms with Gasteiger partial charge in [-0.3, -0.25) is 0 Å². The number of hydrogen-bond acceptors (Lipinski definition) is 0. The van der Waals surface area contributed by atoms with Crippen molar-refractivity contribution in [2.45, 2.75) is 6.42 Å². The third-order valence-electron chi connectivity index (χ3n) is 12.7. The molecule has 0 unspecified atom stereocenters. The Bertz CT molecular complexity index is 3670. The molecule has 0 aliphatic heterocycles. The Morgan fingerprint density at radius 3 is 1.45 bits per heavy atom. The fraction of sp³-hybridized carbons (Fsp3) is 0.0182. The Morgan fingerprint density at radius 1 is 0.304 bits per heavy atom. The van der Waals surface area contributed by atoms with E-state index in [1.807, 2.05) is 0 Å². The molecule has 1 heteroatoms. The van der Waals surface area contributed by atoms with Crippen LogP contribution < -0.4 is 0 Å². The summed E-state index contributed by atoms with van der Waals surface area (Å²) < 4.78 is 2.55. The fourth-order valence-corrected chi connectivity index (χ4v) is 10.4. The van der Waals surface area contributed by atoms with Crippen molar-refractivity contribution in [2.75, 3.05) is 0 Å². The van der Waals surface area contributed by atoms with Crippen LogP contribution in [0.15, 0.2) is 188 Å². The van der Waals surface area contributed by atoms with Gasteiger partial charge in [-0.15, -0.1) is 0 Å². The molecule has 2 aromatic heterocycles. The molecule has 2 heterocycles. The maximum absolute atomic E-state index is 2.55. The average molecular weight is 708 g/mol. The standard InChI is InChI=1S/C55H33N/c1-2-13-34-30-37(27-26-33(34)12-1)51-41-17-3-5-19-43(41)52(44-20-6-4-18-42(44)51)38-28-29-50-48(32-38)47-24-11-23-46-45-22-10-15-36-31-35-14-9-21-40(53(35)54(36)45)39-16-7-8-25-49(39)56(50)55(46)47/h1-30,32H,31H2. The predicted molar refractivity (Wildman–Crippen MR) is 240 cm³/mol. The molecular formula is C55H33N. The van der Waals surface area contributed by atoms with Gasteiger partial charge in [0.1, 0.15) is 0 Å². The van der Waals surface area contributed by atoms with Crippen molar-refractivity contribution >= 4 is 92.0 Å². The third-order valence-corrected chi connectivity index (χ3v) is 12.7. The first-order valence-electron chi connectivity index (χ1n) is 19.6. The van der Waals surface area contributed by atoms with E-state index in [1.165, 1.54) is 125 Å². The van der Waals surface area contributed by atoms with Crippen LogP contribution in [0.3, 0.4) is 0 Å². The van der Waals surface area contributed by atoms with E-state index in [0.717, 1.165) is 6.42 Å². The molecule has 0 bridgehead atoms. The van der Waals surface area contributed by atoms with Crippen LogP contribution in [0.1, 0.15) is 11.1 Å². The van der Waals surface area contributed by atoms with E-state index in [0.29, 0.717) is 0 Å². The van der Waals surface area contributed by atoms with E-state index >= 15 is 0 Å². The van der Waals surface area contributed by atoms with Gasteiger partial charge in [-0.1, -0.05) is 164 Å². The molecule has 0 atom stereocenters. The van der Waals surface area contributed by atoms with Crippen molar-refractivity contribution < 1.29 is 0 Å². The molecule has 12 aromatic rings. The molecule has 0 fully saturated rings. The molecule has 0 spiro atoms. The highest BCUT2D eigenvalue weighted by atomic mass is 14.9. The molecule has 1 aliphatic carbocycles. The average Bonchev–Trinajstić information content (AvgIpc) is 3.82. The highest BCUT2D eigenvalue weighted by Gasteiger charge is 2.22. The van der Waals surface area contributed by atoms with Gasteiger partial charge in [0, 0.05) is 21.5 Å². The van der Waals surface area contributed by atoms with Crippen LogP contribution in [0.4, 0.5) is 0 Å². The number of para-hydroxylation sites is 2. The smallest absolute Gasteiger partial charge is 0.0619 e. The molecular weight excluding hydrogens is 675 g/mol. The topological polar surface area (TPSA) is 4.41 Å². The Labute approximate surface area is 322 Å². The Balaban J connectivity index is 1.18. The zero-order chi connectivity index (χ0) is 36.5. The first-order valence-corrected chi connectivity index (χ1v) is 19.6. The van der Waals surface area contributed by atoms with Crippen LogP contribution in [-0.4, -0.2) is 4.40 Å². The minimum Gasteiger partial charge on any atom is -0.308 e. The molecule has 0 radical (unpaired) electrons. The first-order chi connectivity index (χ1) is 27.8. The summed E-state index contributed by atoms with van der Waals surface area (Å²) in [4.78, 5) is 0. The third kappa shape index (κ3) is 3.99. The molecule has 0 N–H and O–H groups in total. The second-order valence-electron chi connectivity index (χ2n) is 15.5. The van der Waals surface area contributed by atoms with Gasteiger partial charge in [-0.05, 0) is 118 Å². The summed E-state index contributed by atoms with van der Waals surface area (Å²) >= 11 is 0. The zero-order valence-corrected chi connectivity index (χ0v) is 30.6. The second kappa shape index (κ2) is 11.2. The highest BCUT2D eigenvalue weighted by molar-refractivity contribution is 6.28. The van der Waals surface area contributed by atoms with Gasteiger partial charge in [0.25, 0.3) is 0 Å². The maximum atomic E-state index is 2.55. The quantitative estimate of drug-likeness (QED) is 0.158. The minimum atomic E-state index is 0.971. The van der Waals surface area contributed by atoms with E-state index in [9.17, 15) is 0 Å². The van der Waals surface area contributed by atoms with Crippen molar-refractivity contribution in [1.29, 1.82) is 0 Å². The lowest BCUT2D eigenvalue weighted by Gasteiger charge is -2.18. The lowest BCUT2D eigenvalue weighted by atomic mass is 9.85. The monoisotopic (exact) mass is 707 g/mol. The normalized spacial score (nSPS) is 12.6. The molecule has 0 saturated carbocycles. The van der Waals surface area contributed by atoms with Crippen molar-refractivity contribution in [1.82, 2.24) is 4.40 Å². The van der Waals surface area contributed by atoms with Crippen LogP contribution in [0.5, 0.6) is 0 Å². The maximum Gasteiger partial charge on any atom is 0.0619 e. The van der Waals surface area contributed by atoms with Crippen LogP contribution in [0.2, 0.25) is 0 Å². The van der Waals surface area contributed by atoms with Gasteiger partial charge in [-0.2, -0.15) is 0 Å². The van der Waals surface area contributed by atoms with Gasteiger partial charge in [0.15, 0.2) is 0 Å². The van der Waals surface area contributed by atoms with E-state index in [4.69, 9.17) is 0 Å². The molecule has 1 nitrogen and oxygen atoms in total. The van der Waals surface area contributed by atoms with Crippen molar-refractivity contribution in [3.05, 3.63) is 199 Å². The highest BCUT2D eigenvalue weighted by Crippen LogP contribution is 2.47. The van der Waals surface area contributed by atoms with Crippen molar-refractivity contribution in [3.63, 3.8) is 0 Å². The molecule has 0 saturated heterocycles. The number of aromatic nitrogens is 1. The van der Waals surface area contributed by atoms with Crippen LogP contribution >= 0.6 is 0 Å². The molecule has 1 aliphatic rings. The summed E-state index contributed by atoms with van der Waals surface area (Å²) in [5.74, 6) is 0. The summed E-state index contributed by atoms with van der Waals surface area (Å²) in [6.07, 6.45) is 0.971. The van der Waals surface area contributed by atoms with Crippen molar-refractivity contribution in [2.24, 2.45) is 0 Å². The number of hydrogen-bond donors (Lipinski definition) is 0. The molecule has 13 rings (SSSR count). The second-order valence-corrected chi connectivity index (χ2v) is 15.5. The minimum absolute atomic E-state index is 0.971. The van der Waals surface area contributed by atoms with Crippen LogP contribution in [0, 0.1) is 0 Å². The van der Waals surface area contributed by atoms with Gasteiger partial charge in [0.2, 0.25) is 0 Å². The summed E-state index contributed by atoms with van der Waals surface area (Å²) in [5.41, 5.74) is 11.6. The number of nitrogens with zero attached hydrogens (tertiary/aromatic N) is 1. The van der Waals surface area contributed by atoms with E-state index in [2.05, 4.69) is 192 Å². The van der Waals surface area contributed by atoms with Crippen LogP contribution in [-0.2, 0) is 6.42 Å². The SMILES string of the molecule is c1ccc2cc(-c3c4ccccc4c(-c4ccc5c(c4)c4cccc6c7cccc8c7c7c(cccc7c7ccccc7n5c64)C8)c4ccccc34)ccc2c1. The number of fused-ring (bicyclic) bond motifs is 10. The fourth-order valence-electron chi connectivity index (χ4n) is 10.4. The number of rotatable bonds is 2.